The molecular weight excluding hydrogens is 372 g/mol. The minimum Gasteiger partial charge on any atom is -0.493 e. The molecule has 0 N–H and O–H groups in total. The van der Waals surface area contributed by atoms with Gasteiger partial charge < -0.3 is 18.6 Å². The summed E-state index contributed by atoms with van der Waals surface area (Å²) in [7, 11) is 1.11. The zero-order valence-corrected chi connectivity index (χ0v) is 19.6. The van der Waals surface area contributed by atoms with Crippen LogP contribution in [-0.2, 0) is 14.0 Å². The minimum atomic E-state index is -2.15. The zero-order chi connectivity index (χ0) is 21.1. The van der Waals surface area contributed by atoms with E-state index < -0.39 is 8.32 Å². The Balaban J connectivity index is 2.52. The van der Waals surface area contributed by atoms with Crippen LogP contribution in [0.5, 0.6) is 11.5 Å². The first-order valence-electron chi connectivity index (χ1n) is 10.2. The van der Waals surface area contributed by atoms with Crippen LogP contribution in [0.2, 0.25) is 16.6 Å². The fourth-order valence-corrected chi connectivity index (χ4v) is 10.4. The molecule has 0 bridgehead atoms. The second-order valence-corrected chi connectivity index (χ2v) is 14.0. The molecule has 1 aliphatic rings. The second kappa shape index (κ2) is 9.31. The van der Waals surface area contributed by atoms with Gasteiger partial charge in [0, 0.05) is 5.92 Å². The van der Waals surface area contributed by atoms with Crippen molar-refractivity contribution in [3.63, 3.8) is 0 Å². The van der Waals surface area contributed by atoms with E-state index in [0.717, 1.165) is 5.56 Å². The lowest BCUT2D eigenvalue weighted by molar-refractivity contribution is -0.137. The molecule has 1 saturated heterocycles. The smallest absolute Gasteiger partial charge is 0.306 e. The Bertz CT molecular complexity index is 649. The van der Waals surface area contributed by atoms with Crippen LogP contribution in [0.4, 0.5) is 0 Å². The summed E-state index contributed by atoms with van der Waals surface area (Å²) >= 11 is 0. The molecule has 1 aliphatic heterocycles. The molecule has 0 unspecified atom stereocenters. The first kappa shape index (κ1) is 22.8. The number of benzene rings is 1. The molecule has 158 valence electrons. The number of cyclic esters (lactones) is 1. The van der Waals surface area contributed by atoms with Crippen molar-refractivity contribution in [3.05, 3.63) is 23.8 Å². The van der Waals surface area contributed by atoms with E-state index in [2.05, 4.69) is 41.5 Å². The van der Waals surface area contributed by atoms with Gasteiger partial charge in [0.2, 0.25) is 8.32 Å². The maximum Gasteiger partial charge on any atom is 0.306 e. The molecule has 1 heterocycles. The number of carbonyl (C=O) groups excluding carboxylic acids is 1. The predicted molar refractivity (Wildman–Crippen MR) is 113 cm³/mol. The molecular formula is C22H36O5Si. The number of rotatable bonds is 9. The summed E-state index contributed by atoms with van der Waals surface area (Å²) in [6.07, 6.45) is 0.183. The first-order valence-corrected chi connectivity index (χ1v) is 12.4. The van der Waals surface area contributed by atoms with Crippen molar-refractivity contribution in [1.29, 1.82) is 0 Å². The van der Waals surface area contributed by atoms with Gasteiger partial charge in [0.05, 0.1) is 33.4 Å². The molecule has 0 saturated carbocycles. The van der Waals surface area contributed by atoms with Crippen LogP contribution in [-0.4, -0.2) is 35.1 Å². The van der Waals surface area contributed by atoms with E-state index in [1.165, 1.54) is 0 Å². The van der Waals surface area contributed by atoms with Gasteiger partial charge in [0.25, 0.3) is 0 Å². The highest BCUT2D eigenvalue weighted by Crippen LogP contribution is 2.48. The Kier molecular flexibility index (Phi) is 7.57. The lowest BCUT2D eigenvalue weighted by Crippen LogP contribution is -2.49. The highest BCUT2D eigenvalue weighted by atomic mass is 28.4. The number of hydrogen-bond acceptors (Lipinski definition) is 5. The van der Waals surface area contributed by atoms with Gasteiger partial charge in [0.1, 0.15) is 0 Å². The maximum atomic E-state index is 11.9. The summed E-state index contributed by atoms with van der Waals surface area (Å²) < 4.78 is 23.3. The summed E-state index contributed by atoms with van der Waals surface area (Å²) in [5.41, 5.74) is 2.37. The molecule has 28 heavy (non-hydrogen) atoms. The van der Waals surface area contributed by atoms with E-state index in [1.807, 2.05) is 18.2 Å². The van der Waals surface area contributed by atoms with E-state index in [-0.39, 0.29) is 18.0 Å². The second-order valence-electron chi connectivity index (χ2n) is 8.62. The first-order chi connectivity index (χ1) is 13.2. The van der Waals surface area contributed by atoms with Crippen LogP contribution >= 0.6 is 0 Å². The average molecular weight is 409 g/mol. The molecule has 6 heteroatoms. The molecule has 0 aromatic heterocycles. The Hall–Kier alpha value is -1.53. The Labute approximate surface area is 170 Å². The largest absolute Gasteiger partial charge is 0.493 e. The molecule has 5 nitrogen and oxygen atoms in total. The third-order valence-corrected chi connectivity index (χ3v) is 12.2. The normalized spacial score (nSPS) is 18.7. The molecule has 2 atom stereocenters. The molecule has 2 rings (SSSR count). The molecule has 1 aromatic carbocycles. The summed E-state index contributed by atoms with van der Waals surface area (Å²) in [5.74, 6) is 1.22. The van der Waals surface area contributed by atoms with Crippen molar-refractivity contribution in [3.8, 4) is 11.5 Å². The van der Waals surface area contributed by atoms with Gasteiger partial charge in [-0.05, 0) is 34.3 Å². The number of methoxy groups -OCH3 is 2. The maximum absolute atomic E-state index is 11.9. The molecule has 1 aromatic rings. The van der Waals surface area contributed by atoms with Crippen LogP contribution in [0.1, 0.15) is 59.6 Å². The van der Waals surface area contributed by atoms with E-state index in [0.29, 0.717) is 41.2 Å². The lowest BCUT2D eigenvalue weighted by atomic mass is 9.95. The molecule has 0 amide bonds. The van der Waals surface area contributed by atoms with Crippen LogP contribution in [0, 0.1) is 5.92 Å². The van der Waals surface area contributed by atoms with Crippen LogP contribution in [0.15, 0.2) is 18.2 Å². The van der Waals surface area contributed by atoms with Gasteiger partial charge in [-0.3, -0.25) is 4.79 Å². The van der Waals surface area contributed by atoms with Crippen LogP contribution < -0.4 is 9.47 Å². The van der Waals surface area contributed by atoms with Gasteiger partial charge in [-0.2, -0.15) is 0 Å². The van der Waals surface area contributed by atoms with E-state index in [4.69, 9.17) is 18.6 Å². The molecule has 0 spiro atoms. The van der Waals surface area contributed by atoms with Gasteiger partial charge in [-0.1, -0.05) is 47.6 Å². The predicted octanol–water partition coefficient (Wildman–Crippen LogP) is 5.50. The fraction of sp³-hybridized carbons (Fsp3) is 0.682. The monoisotopic (exact) mass is 408 g/mol. The summed E-state index contributed by atoms with van der Waals surface area (Å²) in [6, 6.07) is 5.91. The number of esters is 1. The van der Waals surface area contributed by atoms with Crippen molar-refractivity contribution < 1.29 is 23.4 Å². The number of ether oxygens (including phenoxy) is 3. The molecule has 0 aliphatic carbocycles. The van der Waals surface area contributed by atoms with Crippen molar-refractivity contribution in [2.24, 2.45) is 5.92 Å². The van der Waals surface area contributed by atoms with E-state index in [1.54, 1.807) is 14.2 Å². The van der Waals surface area contributed by atoms with E-state index >= 15 is 0 Å². The van der Waals surface area contributed by atoms with Crippen molar-refractivity contribution >= 4 is 14.3 Å². The number of carbonyl (C=O) groups is 1. The van der Waals surface area contributed by atoms with E-state index in [9.17, 15) is 4.79 Å². The highest BCUT2D eigenvalue weighted by Gasteiger charge is 2.48. The topological polar surface area (TPSA) is 54.0 Å². The van der Waals surface area contributed by atoms with Crippen LogP contribution in [0.3, 0.4) is 0 Å². The van der Waals surface area contributed by atoms with Gasteiger partial charge in [0.15, 0.2) is 11.5 Å². The van der Waals surface area contributed by atoms with Crippen molar-refractivity contribution in [2.45, 2.75) is 70.7 Å². The summed E-state index contributed by atoms with van der Waals surface area (Å²) in [4.78, 5) is 11.9. The average Bonchev–Trinajstić information content (AvgIpc) is 3.07. The molecule has 1 fully saturated rings. The number of hydrogen-bond donors (Lipinski definition) is 0. The molecule has 0 radical (unpaired) electrons. The minimum absolute atomic E-state index is 0.00808. The van der Waals surface area contributed by atoms with Gasteiger partial charge >= 0.3 is 5.97 Å². The van der Waals surface area contributed by atoms with Crippen molar-refractivity contribution in [2.75, 3.05) is 20.8 Å². The Morgan fingerprint density at radius 1 is 0.964 bits per heavy atom. The summed E-state index contributed by atoms with van der Waals surface area (Å²) in [6.45, 7) is 14.0. The lowest BCUT2D eigenvalue weighted by Gasteiger charge is -2.45. The van der Waals surface area contributed by atoms with Gasteiger partial charge in [-0.15, -0.1) is 0 Å². The van der Waals surface area contributed by atoms with Crippen LogP contribution in [0.25, 0.3) is 0 Å². The van der Waals surface area contributed by atoms with Crippen molar-refractivity contribution in [1.82, 2.24) is 0 Å². The quantitative estimate of drug-likeness (QED) is 0.399. The Morgan fingerprint density at radius 3 is 1.96 bits per heavy atom. The van der Waals surface area contributed by atoms with Gasteiger partial charge in [-0.25, -0.2) is 0 Å². The fourth-order valence-electron chi connectivity index (χ4n) is 4.82. The third-order valence-electron chi connectivity index (χ3n) is 6.09. The Morgan fingerprint density at radius 2 is 1.54 bits per heavy atom. The third kappa shape index (κ3) is 4.38. The SMILES string of the molecule is COc1ccc([C@@H](O[Si](C(C)C)(C(C)C)C(C)C)[C@H]2COC(=O)C2)cc1OC. The summed E-state index contributed by atoms with van der Waals surface area (Å²) in [5, 5.41) is 0. The highest BCUT2D eigenvalue weighted by molar-refractivity contribution is 6.77. The standard InChI is InChI=1S/C22H36O5Si/c1-14(2)28(15(3)4,16(5)6)27-22(18-12-21(23)26-13-18)17-9-10-19(24-7)20(11-17)25-8/h9-11,14-16,18,22H,12-13H2,1-8H3/t18-,22-/m1/s1. The zero-order valence-electron chi connectivity index (χ0n) is 18.6.